The Hall–Kier alpha value is -2.43. The number of fused-ring (bicyclic) bond motifs is 1. The van der Waals surface area contributed by atoms with Crippen LogP contribution in [0.15, 0.2) is 34.8 Å². The van der Waals surface area contributed by atoms with Crippen LogP contribution in [-0.2, 0) is 0 Å². The summed E-state index contributed by atoms with van der Waals surface area (Å²) in [6, 6.07) is 5.34. The van der Waals surface area contributed by atoms with Gasteiger partial charge in [-0.2, -0.15) is 0 Å². The Labute approximate surface area is 136 Å². The van der Waals surface area contributed by atoms with E-state index in [1.807, 2.05) is 26.0 Å². The maximum atomic E-state index is 12.4. The summed E-state index contributed by atoms with van der Waals surface area (Å²) in [5.41, 5.74) is 6.73. The number of aromatic amines is 1. The number of nitrogens with two attached hydrogens (primary N) is 1. The number of pyridine rings is 1. The van der Waals surface area contributed by atoms with Crippen molar-refractivity contribution in [2.75, 3.05) is 12.3 Å². The summed E-state index contributed by atoms with van der Waals surface area (Å²) in [5.74, 6) is 1.47. The molecule has 5 heteroatoms. The van der Waals surface area contributed by atoms with Crippen LogP contribution >= 0.6 is 0 Å². The minimum Gasteiger partial charge on any atom is -0.485 e. The summed E-state index contributed by atoms with van der Waals surface area (Å²) in [4.78, 5) is 15.2. The number of unbranched alkanes of at least 4 members (excludes halogenated alkanes) is 1. The van der Waals surface area contributed by atoms with Crippen molar-refractivity contribution < 1.29 is 9.47 Å². The Morgan fingerprint density at radius 1 is 1.30 bits per heavy atom. The average Bonchev–Trinajstić information content (AvgIpc) is 2.54. The maximum absolute atomic E-state index is 12.4. The largest absolute Gasteiger partial charge is 0.485 e. The van der Waals surface area contributed by atoms with E-state index in [2.05, 4.69) is 11.9 Å². The van der Waals surface area contributed by atoms with Crippen molar-refractivity contribution in [1.82, 2.24) is 4.98 Å². The molecule has 0 atom stereocenters. The molecule has 0 unspecified atom stereocenters. The van der Waals surface area contributed by atoms with Crippen LogP contribution < -0.4 is 20.8 Å². The minimum absolute atomic E-state index is 0.225. The number of H-pyrrole nitrogens is 1. The van der Waals surface area contributed by atoms with Crippen molar-refractivity contribution in [2.45, 2.75) is 40.0 Å². The van der Waals surface area contributed by atoms with Crippen molar-refractivity contribution in [1.29, 1.82) is 0 Å². The van der Waals surface area contributed by atoms with Gasteiger partial charge in [-0.1, -0.05) is 20.3 Å². The number of anilines is 1. The van der Waals surface area contributed by atoms with Crippen LogP contribution in [-0.4, -0.2) is 11.6 Å². The van der Waals surface area contributed by atoms with E-state index in [1.165, 1.54) is 0 Å². The Morgan fingerprint density at radius 2 is 2.09 bits per heavy atom. The number of nitrogen functional groups attached to an aromatic ring is 1. The molecule has 0 amide bonds. The predicted molar refractivity (Wildman–Crippen MR) is 94.1 cm³/mol. The number of ether oxygens (including phenoxy) is 2. The van der Waals surface area contributed by atoms with Crippen LogP contribution in [0, 0.1) is 0 Å². The first-order valence-corrected chi connectivity index (χ1v) is 8.02. The Balaban J connectivity index is 2.59. The molecule has 5 nitrogen and oxygen atoms in total. The van der Waals surface area contributed by atoms with Crippen molar-refractivity contribution in [2.24, 2.45) is 0 Å². The first-order valence-electron chi connectivity index (χ1n) is 8.02. The van der Waals surface area contributed by atoms with Gasteiger partial charge in [-0.15, -0.1) is 0 Å². The lowest BCUT2D eigenvalue weighted by Crippen LogP contribution is -2.14. The van der Waals surface area contributed by atoms with Gasteiger partial charge in [0.2, 0.25) is 5.75 Å². The second-order valence-electron chi connectivity index (χ2n) is 5.33. The first-order chi connectivity index (χ1) is 11.1. The molecule has 0 bridgehead atoms. The molecule has 2 aromatic rings. The fourth-order valence-electron chi connectivity index (χ4n) is 2.29. The van der Waals surface area contributed by atoms with Crippen molar-refractivity contribution >= 4 is 16.6 Å². The molecule has 0 fully saturated rings. The Kier molecular flexibility index (Phi) is 5.68. The number of nitrogens with one attached hydrogen (secondary N) is 1. The zero-order chi connectivity index (χ0) is 16.8. The van der Waals surface area contributed by atoms with E-state index in [0.717, 1.165) is 30.4 Å². The van der Waals surface area contributed by atoms with E-state index in [-0.39, 0.29) is 11.3 Å². The highest BCUT2D eigenvalue weighted by atomic mass is 16.5. The Bertz CT molecular complexity index is 763. The SMILES string of the molecule is CC=C(CC)Oc1c(OCCCC)c(=O)[nH]c2cc(N)ccc12. The molecule has 1 aromatic heterocycles. The van der Waals surface area contributed by atoms with Crippen LogP contribution in [0.5, 0.6) is 11.5 Å². The minimum atomic E-state index is -0.305. The van der Waals surface area contributed by atoms with Gasteiger partial charge < -0.3 is 20.2 Å². The smallest absolute Gasteiger partial charge is 0.294 e. The lowest BCUT2D eigenvalue weighted by atomic mass is 10.1. The molecule has 1 aromatic carbocycles. The van der Waals surface area contributed by atoms with E-state index >= 15 is 0 Å². The second-order valence-corrected chi connectivity index (χ2v) is 5.33. The lowest BCUT2D eigenvalue weighted by molar-refractivity contribution is 0.286. The molecule has 0 spiro atoms. The second kappa shape index (κ2) is 7.72. The summed E-state index contributed by atoms with van der Waals surface area (Å²) >= 11 is 0. The van der Waals surface area contributed by atoms with Crippen molar-refractivity contribution in [3.63, 3.8) is 0 Å². The molecular weight excluding hydrogens is 292 g/mol. The zero-order valence-electron chi connectivity index (χ0n) is 13.9. The molecule has 1 heterocycles. The molecule has 0 saturated carbocycles. The number of rotatable bonds is 7. The van der Waals surface area contributed by atoms with Crippen LogP contribution in [0.3, 0.4) is 0 Å². The lowest BCUT2D eigenvalue weighted by Gasteiger charge is -2.15. The molecule has 0 saturated heterocycles. The molecule has 124 valence electrons. The fraction of sp³-hybridized carbons (Fsp3) is 0.389. The molecule has 3 N–H and O–H groups in total. The van der Waals surface area contributed by atoms with Gasteiger partial charge >= 0.3 is 0 Å². The molecular formula is C18H24N2O3. The average molecular weight is 316 g/mol. The molecule has 0 radical (unpaired) electrons. The van der Waals surface area contributed by atoms with Crippen LogP contribution in [0.4, 0.5) is 5.69 Å². The van der Waals surface area contributed by atoms with E-state index in [9.17, 15) is 4.79 Å². The van der Waals surface area contributed by atoms with Gasteiger partial charge in [0.15, 0.2) is 5.75 Å². The normalized spacial score (nSPS) is 11.7. The topological polar surface area (TPSA) is 77.3 Å². The Morgan fingerprint density at radius 3 is 2.74 bits per heavy atom. The third-order valence-corrected chi connectivity index (χ3v) is 3.60. The molecule has 2 rings (SSSR count). The monoisotopic (exact) mass is 316 g/mol. The number of hydrogen-bond acceptors (Lipinski definition) is 4. The van der Waals surface area contributed by atoms with Crippen molar-refractivity contribution in [3.05, 3.63) is 40.4 Å². The van der Waals surface area contributed by atoms with E-state index in [1.54, 1.807) is 12.1 Å². The number of allylic oxidation sites excluding steroid dienone is 2. The van der Waals surface area contributed by atoms with Crippen molar-refractivity contribution in [3.8, 4) is 11.5 Å². The quantitative estimate of drug-likeness (QED) is 0.460. The molecule has 0 aliphatic heterocycles. The fourth-order valence-corrected chi connectivity index (χ4v) is 2.29. The highest BCUT2D eigenvalue weighted by Gasteiger charge is 2.17. The molecule has 0 aliphatic carbocycles. The van der Waals surface area contributed by atoms with E-state index in [0.29, 0.717) is 23.6 Å². The highest BCUT2D eigenvalue weighted by Crippen LogP contribution is 2.34. The van der Waals surface area contributed by atoms with Gasteiger partial charge in [-0.05, 0) is 37.6 Å². The summed E-state index contributed by atoms with van der Waals surface area (Å²) in [5, 5.41) is 0.776. The summed E-state index contributed by atoms with van der Waals surface area (Å²) < 4.78 is 11.7. The number of benzene rings is 1. The molecule has 23 heavy (non-hydrogen) atoms. The van der Waals surface area contributed by atoms with Crippen LogP contribution in [0.1, 0.15) is 40.0 Å². The van der Waals surface area contributed by atoms with Crippen LogP contribution in [0.2, 0.25) is 0 Å². The van der Waals surface area contributed by atoms with Gasteiger partial charge in [-0.3, -0.25) is 4.79 Å². The first kappa shape index (κ1) is 16.9. The standard InChI is InChI=1S/C18H24N2O3/c1-4-7-10-22-17-16(23-13(5-2)6-3)14-9-8-12(19)11-15(14)20-18(17)21/h5,8-9,11H,4,6-7,10,19H2,1-3H3,(H,20,21). The van der Waals surface area contributed by atoms with Gasteiger partial charge in [0.25, 0.3) is 5.56 Å². The third kappa shape index (κ3) is 3.86. The van der Waals surface area contributed by atoms with Gasteiger partial charge in [-0.25, -0.2) is 0 Å². The summed E-state index contributed by atoms with van der Waals surface area (Å²) in [7, 11) is 0. The third-order valence-electron chi connectivity index (χ3n) is 3.60. The predicted octanol–water partition coefficient (Wildman–Crippen LogP) is 3.98. The number of aromatic nitrogens is 1. The van der Waals surface area contributed by atoms with Gasteiger partial charge in [0.05, 0.1) is 17.9 Å². The summed E-state index contributed by atoms with van der Waals surface area (Å²) in [6.07, 6.45) is 4.49. The molecule has 0 aliphatic rings. The maximum Gasteiger partial charge on any atom is 0.294 e. The van der Waals surface area contributed by atoms with Gasteiger partial charge in [0, 0.05) is 17.5 Å². The highest BCUT2D eigenvalue weighted by molar-refractivity contribution is 5.89. The van der Waals surface area contributed by atoms with Crippen LogP contribution in [0.25, 0.3) is 10.9 Å². The van der Waals surface area contributed by atoms with E-state index < -0.39 is 0 Å². The van der Waals surface area contributed by atoms with Gasteiger partial charge in [0.1, 0.15) is 0 Å². The summed E-state index contributed by atoms with van der Waals surface area (Å²) in [6.45, 7) is 6.46. The van der Waals surface area contributed by atoms with E-state index in [4.69, 9.17) is 15.2 Å². The zero-order valence-corrected chi connectivity index (χ0v) is 13.9. The number of hydrogen-bond donors (Lipinski definition) is 2.